The molecule has 0 spiro atoms. The Bertz CT molecular complexity index is 3280. The molecule has 0 amide bonds. The van der Waals surface area contributed by atoms with Gasteiger partial charge in [-0.3, -0.25) is 4.57 Å². The van der Waals surface area contributed by atoms with Gasteiger partial charge in [0.15, 0.2) is 0 Å². The summed E-state index contributed by atoms with van der Waals surface area (Å²) < 4.78 is 7.11. The summed E-state index contributed by atoms with van der Waals surface area (Å²) in [5.74, 6) is 0.910. The van der Waals surface area contributed by atoms with Gasteiger partial charge in [0.05, 0.1) is 33.1 Å². The highest BCUT2D eigenvalue weighted by Crippen LogP contribution is 2.39. The van der Waals surface area contributed by atoms with Crippen molar-refractivity contribution in [3.8, 4) is 50.7 Å². The molecule has 3 aromatic heterocycles. The Labute approximate surface area is 341 Å². The van der Waals surface area contributed by atoms with E-state index >= 15 is 0 Å². The average Bonchev–Trinajstić information content (AvgIpc) is 3.98. The van der Waals surface area contributed by atoms with Gasteiger partial charge in [0, 0.05) is 44.2 Å². The molecule has 0 unspecified atom stereocenters. The summed E-state index contributed by atoms with van der Waals surface area (Å²) in [6.45, 7) is 0. The molecule has 12 rings (SSSR count). The van der Waals surface area contributed by atoms with E-state index in [0.717, 1.165) is 61.7 Å². The summed E-state index contributed by atoms with van der Waals surface area (Å²) in [6, 6.07) is 78.7. The molecule has 0 aliphatic rings. The van der Waals surface area contributed by atoms with Crippen LogP contribution >= 0.6 is 0 Å². The van der Waals surface area contributed by atoms with Gasteiger partial charge in [-0.1, -0.05) is 140 Å². The van der Waals surface area contributed by atoms with Crippen LogP contribution in [0.25, 0.3) is 105 Å². The lowest BCUT2D eigenvalue weighted by Gasteiger charge is -2.16. The number of aromatic nitrogens is 4. The van der Waals surface area contributed by atoms with E-state index in [2.05, 4.69) is 232 Å². The quantitative estimate of drug-likeness (QED) is 0.166. The van der Waals surface area contributed by atoms with Crippen LogP contribution in [0, 0.1) is 0 Å². The van der Waals surface area contributed by atoms with E-state index in [1.54, 1.807) is 0 Å². The van der Waals surface area contributed by atoms with Gasteiger partial charge in [0.2, 0.25) is 0 Å². The van der Waals surface area contributed by atoms with Crippen molar-refractivity contribution in [2.24, 2.45) is 0 Å². The predicted molar refractivity (Wildman–Crippen MR) is 246 cm³/mol. The zero-order chi connectivity index (χ0) is 38.9. The van der Waals surface area contributed by atoms with Crippen molar-refractivity contribution in [3.05, 3.63) is 218 Å². The van der Waals surface area contributed by atoms with Gasteiger partial charge in [-0.25, -0.2) is 4.98 Å². The second kappa shape index (κ2) is 13.3. The molecule has 0 saturated carbocycles. The first-order valence-corrected chi connectivity index (χ1v) is 20.1. The van der Waals surface area contributed by atoms with Crippen LogP contribution in [-0.4, -0.2) is 18.7 Å². The Kier molecular flexibility index (Phi) is 7.50. The predicted octanol–water partition coefficient (Wildman–Crippen LogP) is 14.2. The van der Waals surface area contributed by atoms with E-state index in [1.165, 1.54) is 43.6 Å². The third kappa shape index (κ3) is 5.34. The minimum absolute atomic E-state index is 0.910. The van der Waals surface area contributed by atoms with E-state index in [1.807, 2.05) is 0 Å². The molecule has 4 heteroatoms. The standard InChI is InChI=1S/C55H36N4/c1-2-16-37(17-3-1)55-56-49-26-8-13-31-54(49)59(55)44-35-40(38-18-14-20-42(33-38)57-50-27-9-4-22-45(50)46-23-5-10-28-51(46)57)32-41(36-44)39-19-15-21-43(34-39)58-52-29-11-6-24-47(52)48-25-7-12-30-53(48)58/h1-36H. The van der Waals surface area contributed by atoms with E-state index in [4.69, 9.17) is 4.98 Å². The molecule has 276 valence electrons. The van der Waals surface area contributed by atoms with Crippen molar-refractivity contribution in [2.45, 2.75) is 0 Å². The minimum atomic E-state index is 0.910. The number of fused-ring (bicyclic) bond motifs is 7. The van der Waals surface area contributed by atoms with Gasteiger partial charge in [0.1, 0.15) is 5.82 Å². The van der Waals surface area contributed by atoms with Crippen LogP contribution < -0.4 is 0 Å². The maximum Gasteiger partial charge on any atom is 0.145 e. The number of hydrogen-bond donors (Lipinski definition) is 0. The van der Waals surface area contributed by atoms with Crippen LogP contribution in [0.5, 0.6) is 0 Å². The second-order valence-corrected chi connectivity index (χ2v) is 15.2. The number of benzene rings is 9. The van der Waals surface area contributed by atoms with Crippen molar-refractivity contribution in [1.29, 1.82) is 0 Å². The topological polar surface area (TPSA) is 27.7 Å². The lowest BCUT2D eigenvalue weighted by molar-refractivity contribution is 1.10. The average molecular weight is 753 g/mol. The number of nitrogens with zero attached hydrogens (tertiary/aromatic N) is 4. The first-order valence-electron chi connectivity index (χ1n) is 20.1. The van der Waals surface area contributed by atoms with E-state index in [9.17, 15) is 0 Å². The maximum atomic E-state index is 5.23. The van der Waals surface area contributed by atoms with Crippen molar-refractivity contribution in [3.63, 3.8) is 0 Å². The Balaban J connectivity index is 1.10. The number of rotatable bonds is 6. The summed E-state index contributed by atoms with van der Waals surface area (Å²) in [5, 5.41) is 5.00. The van der Waals surface area contributed by atoms with Crippen molar-refractivity contribution in [1.82, 2.24) is 18.7 Å². The highest BCUT2D eigenvalue weighted by atomic mass is 15.1. The van der Waals surface area contributed by atoms with Gasteiger partial charge in [-0.2, -0.15) is 0 Å². The van der Waals surface area contributed by atoms with E-state index in [-0.39, 0.29) is 0 Å². The molecule has 0 fully saturated rings. The fraction of sp³-hybridized carbons (Fsp3) is 0. The van der Waals surface area contributed by atoms with Gasteiger partial charge in [0.25, 0.3) is 0 Å². The summed E-state index contributed by atoms with van der Waals surface area (Å²) in [5.41, 5.74) is 15.7. The zero-order valence-corrected chi connectivity index (χ0v) is 32.1. The van der Waals surface area contributed by atoms with Gasteiger partial charge < -0.3 is 9.13 Å². The molecule has 0 radical (unpaired) electrons. The molecule has 0 N–H and O–H groups in total. The lowest BCUT2D eigenvalue weighted by atomic mass is 9.97. The summed E-state index contributed by atoms with van der Waals surface area (Å²) in [4.78, 5) is 5.23. The molecular formula is C55H36N4. The molecule has 3 heterocycles. The fourth-order valence-corrected chi connectivity index (χ4v) is 9.19. The minimum Gasteiger partial charge on any atom is -0.309 e. The molecule has 12 aromatic rings. The van der Waals surface area contributed by atoms with Crippen molar-refractivity contribution < 1.29 is 0 Å². The van der Waals surface area contributed by atoms with Crippen LogP contribution in [0.2, 0.25) is 0 Å². The first-order chi connectivity index (χ1) is 29.3. The summed E-state index contributed by atoms with van der Waals surface area (Å²) >= 11 is 0. The van der Waals surface area contributed by atoms with Crippen molar-refractivity contribution >= 4 is 54.6 Å². The fourth-order valence-electron chi connectivity index (χ4n) is 9.19. The summed E-state index contributed by atoms with van der Waals surface area (Å²) in [6.07, 6.45) is 0. The van der Waals surface area contributed by atoms with Crippen LogP contribution in [0.4, 0.5) is 0 Å². The zero-order valence-electron chi connectivity index (χ0n) is 32.1. The van der Waals surface area contributed by atoms with Crippen LogP contribution in [0.3, 0.4) is 0 Å². The van der Waals surface area contributed by atoms with Crippen LogP contribution in [0.15, 0.2) is 218 Å². The second-order valence-electron chi connectivity index (χ2n) is 15.2. The molecule has 0 aliphatic heterocycles. The molecule has 9 aromatic carbocycles. The Hall–Kier alpha value is -7.95. The molecule has 0 atom stereocenters. The first kappa shape index (κ1) is 33.2. The monoisotopic (exact) mass is 752 g/mol. The highest BCUT2D eigenvalue weighted by Gasteiger charge is 2.19. The van der Waals surface area contributed by atoms with E-state index in [0.29, 0.717) is 0 Å². The van der Waals surface area contributed by atoms with Crippen LogP contribution in [0.1, 0.15) is 0 Å². The molecule has 0 aliphatic carbocycles. The van der Waals surface area contributed by atoms with Crippen molar-refractivity contribution in [2.75, 3.05) is 0 Å². The molecule has 0 saturated heterocycles. The Morgan fingerprint density at radius 1 is 0.254 bits per heavy atom. The Morgan fingerprint density at radius 3 is 1.14 bits per heavy atom. The highest BCUT2D eigenvalue weighted by molar-refractivity contribution is 6.10. The number of imidazole rings is 1. The largest absolute Gasteiger partial charge is 0.309 e. The third-order valence-corrected chi connectivity index (χ3v) is 11.8. The van der Waals surface area contributed by atoms with Crippen LogP contribution in [-0.2, 0) is 0 Å². The lowest BCUT2D eigenvalue weighted by Crippen LogP contribution is -2.00. The third-order valence-electron chi connectivity index (χ3n) is 11.8. The maximum absolute atomic E-state index is 5.23. The van der Waals surface area contributed by atoms with E-state index < -0.39 is 0 Å². The molecule has 59 heavy (non-hydrogen) atoms. The van der Waals surface area contributed by atoms with Gasteiger partial charge in [-0.15, -0.1) is 0 Å². The molecule has 0 bridgehead atoms. The molecular weight excluding hydrogens is 717 g/mol. The summed E-state index contributed by atoms with van der Waals surface area (Å²) in [7, 11) is 0. The SMILES string of the molecule is c1ccc(-c2nc3ccccc3n2-c2cc(-c3cccc(-n4c5ccccc5c5ccccc54)c3)cc(-c3cccc(-n4c5ccccc5c5ccccc54)c3)c2)cc1. The van der Waals surface area contributed by atoms with Gasteiger partial charge >= 0.3 is 0 Å². The number of para-hydroxylation sites is 6. The smallest absolute Gasteiger partial charge is 0.145 e. The normalized spacial score (nSPS) is 11.7. The molecule has 4 nitrogen and oxygen atoms in total. The number of hydrogen-bond acceptors (Lipinski definition) is 1. The Morgan fingerprint density at radius 2 is 0.644 bits per heavy atom. The van der Waals surface area contributed by atoms with Gasteiger partial charge in [-0.05, 0) is 101 Å².